The van der Waals surface area contributed by atoms with Gasteiger partial charge in [-0.2, -0.15) is 0 Å². The van der Waals surface area contributed by atoms with Gasteiger partial charge in [0, 0.05) is 35.7 Å². The molecule has 1 saturated carbocycles. The first-order chi connectivity index (χ1) is 21.1. The normalized spacial score (nSPS) is 16.9. The number of ketones is 2. The van der Waals surface area contributed by atoms with Gasteiger partial charge < -0.3 is 14.7 Å². The van der Waals surface area contributed by atoms with Crippen LogP contribution in [0.15, 0.2) is 60.7 Å². The molecule has 0 bridgehead atoms. The molecule has 9 heteroatoms. The SMILES string of the molecule is CC(=O)c1ccc(Cl)c(F)c1/C=C/C(=O)N1CCc2c(OC3CCCCC3)cccc2C1C(=O)Cc1ccc(C(=O)O)cc1. The van der Waals surface area contributed by atoms with E-state index in [0.29, 0.717) is 23.3 Å². The Kier molecular flexibility index (Phi) is 9.59. The van der Waals surface area contributed by atoms with Crippen molar-refractivity contribution < 1.29 is 33.4 Å². The molecule has 0 aromatic heterocycles. The van der Waals surface area contributed by atoms with Gasteiger partial charge in [-0.05, 0) is 86.6 Å². The molecule has 0 radical (unpaired) electrons. The number of carboxylic acid groups (broad SMARTS) is 1. The first-order valence-corrected chi connectivity index (χ1v) is 15.1. The van der Waals surface area contributed by atoms with Gasteiger partial charge in [-0.1, -0.05) is 42.3 Å². The molecule has 1 aliphatic heterocycles. The molecular weight excluding hydrogens is 585 g/mol. The molecule has 0 spiro atoms. The summed E-state index contributed by atoms with van der Waals surface area (Å²) < 4.78 is 21.3. The molecule has 3 aromatic rings. The molecule has 1 amide bonds. The molecule has 5 rings (SSSR count). The first kappa shape index (κ1) is 31.1. The number of Topliss-reactive ketones (excluding diaryl/α,β-unsaturated/α-hetero) is 2. The lowest BCUT2D eigenvalue weighted by molar-refractivity contribution is -0.136. The molecule has 44 heavy (non-hydrogen) atoms. The maximum absolute atomic E-state index is 14.9. The van der Waals surface area contributed by atoms with Gasteiger partial charge in [0.1, 0.15) is 17.6 Å². The third-order valence-corrected chi connectivity index (χ3v) is 8.59. The van der Waals surface area contributed by atoms with Crippen molar-refractivity contribution in [2.75, 3.05) is 6.54 Å². The van der Waals surface area contributed by atoms with E-state index in [1.54, 1.807) is 12.1 Å². The van der Waals surface area contributed by atoms with Crippen LogP contribution in [0.25, 0.3) is 6.08 Å². The van der Waals surface area contributed by atoms with Crippen molar-refractivity contribution in [2.24, 2.45) is 0 Å². The second-order valence-electron chi connectivity index (χ2n) is 11.2. The average molecular weight is 618 g/mol. The van der Waals surface area contributed by atoms with Gasteiger partial charge in [-0.15, -0.1) is 0 Å². The lowest BCUT2D eigenvalue weighted by Crippen LogP contribution is -2.43. The smallest absolute Gasteiger partial charge is 0.335 e. The second-order valence-corrected chi connectivity index (χ2v) is 11.7. The molecule has 1 heterocycles. The Morgan fingerprint density at radius 2 is 1.75 bits per heavy atom. The van der Waals surface area contributed by atoms with Gasteiger partial charge in [0.05, 0.1) is 16.7 Å². The van der Waals surface area contributed by atoms with E-state index in [4.69, 9.17) is 16.3 Å². The molecule has 7 nitrogen and oxygen atoms in total. The summed E-state index contributed by atoms with van der Waals surface area (Å²) in [6.45, 7) is 1.52. The van der Waals surface area contributed by atoms with Crippen molar-refractivity contribution in [2.45, 2.75) is 64.0 Å². The Balaban J connectivity index is 1.49. The van der Waals surface area contributed by atoms with E-state index in [2.05, 4.69) is 0 Å². The third kappa shape index (κ3) is 6.76. The highest BCUT2D eigenvalue weighted by Gasteiger charge is 2.36. The highest BCUT2D eigenvalue weighted by atomic mass is 35.5. The molecule has 1 N–H and O–H groups in total. The van der Waals surface area contributed by atoms with E-state index in [0.717, 1.165) is 37.3 Å². The number of ether oxygens (including phenoxy) is 1. The Hall–Kier alpha value is -4.30. The Labute approximate surface area is 260 Å². The van der Waals surface area contributed by atoms with Crippen molar-refractivity contribution in [3.63, 3.8) is 0 Å². The zero-order chi connectivity index (χ0) is 31.4. The molecule has 1 aliphatic carbocycles. The van der Waals surface area contributed by atoms with Crippen LogP contribution in [0, 0.1) is 5.82 Å². The first-order valence-electron chi connectivity index (χ1n) is 14.7. The minimum Gasteiger partial charge on any atom is -0.490 e. The Morgan fingerprint density at radius 3 is 2.43 bits per heavy atom. The largest absolute Gasteiger partial charge is 0.490 e. The number of carbonyl (C=O) groups is 4. The number of aromatic carboxylic acids is 1. The Bertz CT molecular complexity index is 1630. The van der Waals surface area contributed by atoms with Crippen LogP contribution in [-0.4, -0.2) is 46.1 Å². The lowest BCUT2D eigenvalue weighted by Gasteiger charge is -2.37. The van der Waals surface area contributed by atoms with Gasteiger partial charge >= 0.3 is 5.97 Å². The molecule has 3 aromatic carbocycles. The van der Waals surface area contributed by atoms with Crippen LogP contribution in [0.5, 0.6) is 5.75 Å². The van der Waals surface area contributed by atoms with E-state index in [9.17, 15) is 28.7 Å². The van der Waals surface area contributed by atoms with Crippen molar-refractivity contribution in [1.82, 2.24) is 4.90 Å². The number of hydrogen-bond donors (Lipinski definition) is 1. The number of fused-ring (bicyclic) bond motifs is 1. The number of nitrogens with zero attached hydrogens (tertiary/aromatic N) is 1. The zero-order valence-corrected chi connectivity index (χ0v) is 25.1. The highest BCUT2D eigenvalue weighted by molar-refractivity contribution is 6.31. The third-order valence-electron chi connectivity index (χ3n) is 8.30. The summed E-state index contributed by atoms with van der Waals surface area (Å²) in [5, 5.41) is 9.06. The summed E-state index contributed by atoms with van der Waals surface area (Å²) in [7, 11) is 0. The molecule has 228 valence electrons. The molecule has 1 unspecified atom stereocenters. The number of amides is 1. The second kappa shape index (κ2) is 13.6. The fraction of sp³-hybridized carbons (Fsp3) is 0.314. The summed E-state index contributed by atoms with van der Waals surface area (Å²) in [5.41, 5.74) is 2.25. The summed E-state index contributed by atoms with van der Waals surface area (Å²) in [4.78, 5) is 52.6. The van der Waals surface area contributed by atoms with Crippen LogP contribution < -0.4 is 4.74 Å². The molecule has 0 saturated heterocycles. The number of hydrogen-bond acceptors (Lipinski definition) is 5. The number of carboxylic acids is 1. The Morgan fingerprint density at radius 1 is 1.02 bits per heavy atom. The standard InChI is InChI=1S/C35H33ClFNO6/c1-21(39)25-14-16-29(36)33(37)27(25)15-17-32(41)38-19-18-26-28(8-5-9-31(26)44-24-6-3-2-4-7-24)34(38)30(40)20-22-10-12-23(13-11-22)35(42)43/h5,8-17,24,34H,2-4,6-7,18-20H2,1H3,(H,42,43)/b17-15+. The number of halogens is 2. The maximum Gasteiger partial charge on any atom is 0.335 e. The van der Waals surface area contributed by atoms with E-state index >= 15 is 0 Å². The van der Waals surface area contributed by atoms with E-state index in [1.165, 1.54) is 48.6 Å². The van der Waals surface area contributed by atoms with Gasteiger partial charge in [-0.25, -0.2) is 9.18 Å². The quantitative estimate of drug-likeness (QED) is 0.204. The minimum absolute atomic E-state index is 0.0391. The summed E-state index contributed by atoms with van der Waals surface area (Å²) in [5.74, 6) is -2.33. The summed E-state index contributed by atoms with van der Waals surface area (Å²) >= 11 is 5.96. The predicted molar refractivity (Wildman–Crippen MR) is 165 cm³/mol. The summed E-state index contributed by atoms with van der Waals surface area (Å²) in [6.07, 6.45) is 8.25. The number of benzene rings is 3. The number of rotatable bonds is 9. The van der Waals surface area contributed by atoms with E-state index < -0.39 is 23.7 Å². The molecule has 1 atom stereocenters. The van der Waals surface area contributed by atoms with Gasteiger partial charge in [0.2, 0.25) is 5.91 Å². The van der Waals surface area contributed by atoms with Gasteiger partial charge in [-0.3, -0.25) is 14.4 Å². The minimum atomic E-state index is -1.07. The van der Waals surface area contributed by atoms with E-state index in [1.807, 2.05) is 18.2 Å². The van der Waals surface area contributed by atoms with Crippen molar-refractivity contribution in [1.29, 1.82) is 0 Å². The van der Waals surface area contributed by atoms with Crippen LogP contribution in [-0.2, 0) is 22.4 Å². The maximum atomic E-state index is 14.9. The summed E-state index contributed by atoms with van der Waals surface area (Å²) in [6, 6.07) is 13.3. The lowest BCUT2D eigenvalue weighted by atomic mass is 9.87. The van der Waals surface area contributed by atoms with Crippen LogP contribution in [0.3, 0.4) is 0 Å². The van der Waals surface area contributed by atoms with Crippen LogP contribution >= 0.6 is 11.6 Å². The zero-order valence-electron chi connectivity index (χ0n) is 24.4. The van der Waals surface area contributed by atoms with Crippen molar-refractivity contribution in [3.05, 3.63) is 105 Å². The van der Waals surface area contributed by atoms with Crippen LogP contribution in [0.4, 0.5) is 4.39 Å². The monoisotopic (exact) mass is 617 g/mol. The van der Waals surface area contributed by atoms with Crippen LogP contribution in [0.2, 0.25) is 5.02 Å². The number of carbonyl (C=O) groups excluding carboxylic acids is 3. The average Bonchev–Trinajstić information content (AvgIpc) is 3.01. The molecule has 1 fully saturated rings. The fourth-order valence-electron chi connectivity index (χ4n) is 6.04. The molecular formula is C35H33ClFNO6. The van der Waals surface area contributed by atoms with E-state index in [-0.39, 0.29) is 52.3 Å². The topological polar surface area (TPSA) is 101 Å². The highest BCUT2D eigenvalue weighted by Crippen LogP contribution is 2.38. The van der Waals surface area contributed by atoms with Crippen molar-refractivity contribution >= 4 is 41.1 Å². The predicted octanol–water partition coefficient (Wildman–Crippen LogP) is 7.04. The fourth-order valence-corrected chi connectivity index (χ4v) is 6.21. The van der Waals surface area contributed by atoms with Gasteiger partial charge in [0.25, 0.3) is 0 Å². The van der Waals surface area contributed by atoms with Gasteiger partial charge in [0.15, 0.2) is 11.6 Å². The van der Waals surface area contributed by atoms with Crippen molar-refractivity contribution in [3.8, 4) is 5.75 Å². The molecule has 2 aliphatic rings. The van der Waals surface area contributed by atoms with Crippen LogP contribution in [0.1, 0.15) is 88.0 Å².